The van der Waals surface area contributed by atoms with Crippen LogP contribution in [0.15, 0.2) is 0 Å². The topological polar surface area (TPSA) is 79.2 Å². The fourth-order valence-electron chi connectivity index (χ4n) is 0.937. The van der Waals surface area contributed by atoms with Gasteiger partial charge in [-0.25, -0.2) is 9.44 Å². The lowest BCUT2D eigenvalue weighted by Gasteiger charge is -2.27. The highest BCUT2D eigenvalue weighted by atomic mass is 32.1. The molecule has 0 atom stereocenters. The Labute approximate surface area is 107 Å². The third-order valence-electron chi connectivity index (χ3n) is 1.75. The first-order chi connectivity index (χ1) is 7.08. The SMILES string of the molecule is NC(NS)(NS)NC(=O)CCCCCS. The summed E-state index contributed by atoms with van der Waals surface area (Å²) in [5.41, 5.74) is 5.61. The first-order valence-corrected chi connectivity index (χ1v) is 6.14. The van der Waals surface area contributed by atoms with Crippen LogP contribution < -0.4 is 20.5 Å². The Morgan fingerprint density at radius 2 is 1.80 bits per heavy atom. The molecule has 5 nitrogen and oxygen atoms in total. The quantitative estimate of drug-likeness (QED) is 0.193. The molecular weight excluding hydrogens is 252 g/mol. The largest absolute Gasteiger partial charge is 0.312 e. The lowest BCUT2D eigenvalue weighted by molar-refractivity contribution is -0.123. The molecule has 0 aromatic carbocycles. The predicted octanol–water partition coefficient (Wildman–Crippen LogP) is 0.0316. The average Bonchev–Trinajstić information content (AvgIpc) is 2.24. The molecule has 0 aromatic rings. The molecule has 0 saturated carbocycles. The molecule has 0 rings (SSSR count). The molecule has 90 valence electrons. The summed E-state index contributed by atoms with van der Waals surface area (Å²) in [5, 5.41) is 2.51. The smallest absolute Gasteiger partial charge is 0.223 e. The van der Waals surface area contributed by atoms with E-state index in [0.717, 1.165) is 25.0 Å². The molecule has 0 aliphatic carbocycles. The number of carbonyl (C=O) groups excluding carboxylic acids is 1. The van der Waals surface area contributed by atoms with E-state index >= 15 is 0 Å². The van der Waals surface area contributed by atoms with Gasteiger partial charge in [0.25, 0.3) is 0 Å². The second-order valence-corrected chi connectivity index (χ2v) is 4.01. The van der Waals surface area contributed by atoms with Gasteiger partial charge in [0.2, 0.25) is 11.8 Å². The summed E-state index contributed by atoms with van der Waals surface area (Å²) in [6.07, 6.45) is 3.25. The number of amides is 1. The Morgan fingerprint density at radius 1 is 1.20 bits per heavy atom. The van der Waals surface area contributed by atoms with E-state index in [1.54, 1.807) is 0 Å². The van der Waals surface area contributed by atoms with Crippen molar-refractivity contribution in [1.82, 2.24) is 14.8 Å². The van der Waals surface area contributed by atoms with Gasteiger partial charge in [0.1, 0.15) is 0 Å². The van der Waals surface area contributed by atoms with Gasteiger partial charge in [0.05, 0.1) is 0 Å². The third kappa shape index (κ3) is 7.31. The van der Waals surface area contributed by atoms with Crippen molar-refractivity contribution in [2.24, 2.45) is 5.73 Å². The zero-order valence-electron chi connectivity index (χ0n) is 8.36. The highest BCUT2D eigenvalue weighted by Gasteiger charge is 2.22. The van der Waals surface area contributed by atoms with Gasteiger partial charge in [0.15, 0.2) is 0 Å². The molecule has 0 spiro atoms. The number of hydrogen-bond donors (Lipinski definition) is 7. The maximum Gasteiger partial charge on any atom is 0.223 e. The van der Waals surface area contributed by atoms with E-state index in [2.05, 4.69) is 53.0 Å². The Kier molecular flexibility index (Phi) is 8.77. The van der Waals surface area contributed by atoms with Gasteiger partial charge < -0.3 is 5.32 Å². The molecule has 15 heavy (non-hydrogen) atoms. The third-order valence-corrected chi connectivity index (χ3v) is 2.77. The zero-order chi connectivity index (χ0) is 11.7. The van der Waals surface area contributed by atoms with E-state index in [0.29, 0.717) is 6.42 Å². The number of unbranched alkanes of at least 4 members (excludes halogenated alkanes) is 2. The van der Waals surface area contributed by atoms with Crippen molar-refractivity contribution >= 4 is 44.2 Å². The van der Waals surface area contributed by atoms with Crippen LogP contribution in [-0.4, -0.2) is 17.6 Å². The van der Waals surface area contributed by atoms with Crippen LogP contribution in [0.5, 0.6) is 0 Å². The van der Waals surface area contributed by atoms with Gasteiger partial charge >= 0.3 is 0 Å². The summed E-state index contributed by atoms with van der Waals surface area (Å²) in [6.45, 7) is 0. The van der Waals surface area contributed by atoms with Gasteiger partial charge in [-0.15, -0.1) is 0 Å². The van der Waals surface area contributed by atoms with E-state index in [1.807, 2.05) is 0 Å². The molecule has 0 fully saturated rings. The normalized spacial score (nSPS) is 11.5. The lowest BCUT2D eigenvalue weighted by Crippen LogP contribution is -2.69. The monoisotopic (exact) mass is 270 g/mol. The molecule has 0 saturated heterocycles. The second-order valence-electron chi connectivity index (χ2n) is 3.11. The van der Waals surface area contributed by atoms with Crippen molar-refractivity contribution in [3.05, 3.63) is 0 Å². The van der Waals surface area contributed by atoms with Crippen LogP contribution in [0.1, 0.15) is 25.7 Å². The van der Waals surface area contributed by atoms with Gasteiger partial charge in [-0.2, -0.15) is 12.6 Å². The van der Waals surface area contributed by atoms with E-state index in [-0.39, 0.29) is 5.91 Å². The first kappa shape index (κ1) is 15.4. The molecule has 5 N–H and O–H groups in total. The van der Waals surface area contributed by atoms with E-state index in [4.69, 9.17) is 5.73 Å². The number of carbonyl (C=O) groups is 1. The Morgan fingerprint density at radius 3 is 2.27 bits per heavy atom. The molecule has 0 heterocycles. The molecular formula is C7H18N4OS3. The highest BCUT2D eigenvalue weighted by Crippen LogP contribution is 2.01. The van der Waals surface area contributed by atoms with Crippen LogP contribution in [0.4, 0.5) is 0 Å². The van der Waals surface area contributed by atoms with Crippen LogP contribution in [0.25, 0.3) is 0 Å². The molecule has 0 aliphatic rings. The van der Waals surface area contributed by atoms with Crippen LogP contribution in [0.2, 0.25) is 0 Å². The number of rotatable bonds is 8. The minimum atomic E-state index is -1.28. The maximum atomic E-state index is 11.4. The Balaban J connectivity index is 3.72. The first-order valence-electron chi connectivity index (χ1n) is 4.61. The average molecular weight is 270 g/mol. The van der Waals surface area contributed by atoms with Crippen molar-refractivity contribution in [1.29, 1.82) is 0 Å². The number of thiol groups is 3. The van der Waals surface area contributed by atoms with Crippen molar-refractivity contribution < 1.29 is 4.79 Å². The fourth-order valence-corrected chi connectivity index (χ4v) is 1.47. The molecule has 0 aliphatic heterocycles. The second kappa shape index (κ2) is 8.54. The molecule has 0 radical (unpaired) electrons. The highest BCUT2D eigenvalue weighted by molar-refractivity contribution is 7.80. The summed E-state index contributed by atoms with van der Waals surface area (Å²) in [6, 6.07) is 0. The standard InChI is InChI=1S/C7H18N4OS3/c8-7(10-14,11-15)9-6(12)4-2-1-3-5-13/h10-11,13-15H,1-5,8H2,(H,9,12). The van der Waals surface area contributed by atoms with Crippen LogP contribution in [0, 0.1) is 0 Å². The lowest BCUT2D eigenvalue weighted by atomic mass is 10.2. The minimum absolute atomic E-state index is 0.153. The minimum Gasteiger partial charge on any atom is -0.312 e. The van der Waals surface area contributed by atoms with Crippen LogP contribution in [0.3, 0.4) is 0 Å². The van der Waals surface area contributed by atoms with Gasteiger partial charge in [-0.3, -0.25) is 10.5 Å². The number of nitrogens with two attached hydrogens (primary N) is 1. The molecule has 8 heteroatoms. The van der Waals surface area contributed by atoms with Crippen molar-refractivity contribution in [3.63, 3.8) is 0 Å². The van der Waals surface area contributed by atoms with Crippen LogP contribution in [-0.2, 0) is 4.79 Å². The summed E-state index contributed by atoms with van der Waals surface area (Å²) in [5.74, 6) is -0.592. The van der Waals surface area contributed by atoms with E-state index in [1.165, 1.54) is 0 Å². The van der Waals surface area contributed by atoms with E-state index < -0.39 is 5.91 Å². The maximum absolute atomic E-state index is 11.4. The van der Waals surface area contributed by atoms with Gasteiger partial charge in [0, 0.05) is 6.42 Å². The number of nitrogens with one attached hydrogen (secondary N) is 3. The van der Waals surface area contributed by atoms with Crippen molar-refractivity contribution in [2.45, 2.75) is 31.6 Å². The fraction of sp³-hybridized carbons (Fsp3) is 0.857. The van der Waals surface area contributed by atoms with E-state index in [9.17, 15) is 4.79 Å². The number of hydrogen-bond acceptors (Lipinski definition) is 7. The molecule has 0 unspecified atom stereocenters. The molecule has 1 amide bonds. The molecule has 0 aromatic heterocycles. The summed E-state index contributed by atoms with van der Waals surface area (Å²) >= 11 is 11.6. The Hall–Kier alpha value is 0.400. The van der Waals surface area contributed by atoms with Gasteiger partial charge in [-0.05, 0) is 18.6 Å². The van der Waals surface area contributed by atoms with Gasteiger partial charge in [-0.1, -0.05) is 32.1 Å². The van der Waals surface area contributed by atoms with Crippen molar-refractivity contribution in [3.8, 4) is 0 Å². The summed E-state index contributed by atoms with van der Waals surface area (Å²) in [4.78, 5) is 11.4. The van der Waals surface area contributed by atoms with Crippen LogP contribution >= 0.6 is 38.3 Å². The summed E-state index contributed by atoms with van der Waals surface area (Å²) in [7, 11) is 0. The summed E-state index contributed by atoms with van der Waals surface area (Å²) < 4.78 is 4.80. The zero-order valence-corrected chi connectivity index (χ0v) is 11.0. The van der Waals surface area contributed by atoms with Crippen molar-refractivity contribution in [2.75, 3.05) is 5.75 Å². The Bertz CT molecular complexity index is 189. The predicted molar refractivity (Wildman–Crippen MR) is 71.6 cm³/mol. The molecule has 0 bridgehead atoms.